The molecule has 0 aliphatic rings. The van der Waals surface area contributed by atoms with E-state index >= 15 is 0 Å². The highest BCUT2D eigenvalue weighted by atomic mass is 32.2. The molecule has 126 valence electrons. The molecule has 0 bridgehead atoms. The molecule has 1 N–H and O–H groups in total. The zero-order valence-corrected chi connectivity index (χ0v) is 14.4. The fourth-order valence-electron chi connectivity index (χ4n) is 2.44. The van der Waals surface area contributed by atoms with Crippen molar-refractivity contribution in [3.05, 3.63) is 66.4 Å². The molecular formula is C19H16N2O3S. The molecule has 2 aromatic carbocycles. The second kappa shape index (κ2) is 7.81. The zero-order valence-electron chi connectivity index (χ0n) is 13.6. The first-order chi connectivity index (χ1) is 12.2. The quantitative estimate of drug-likeness (QED) is 0.559. The van der Waals surface area contributed by atoms with Crippen molar-refractivity contribution in [2.75, 3.05) is 18.2 Å². The van der Waals surface area contributed by atoms with E-state index in [0.717, 1.165) is 10.8 Å². The Hall–Kier alpha value is -2.86. The normalized spacial score (nSPS) is 10.4. The summed E-state index contributed by atoms with van der Waals surface area (Å²) in [6.07, 6.45) is 3.43. The van der Waals surface area contributed by atoms with Crippen LogP contribution in [0.4, 0.5) is 5.69 Å². The molecule has 0 unspecified atom stereocenters. The summed E-state index contributed by atoms with van der Waals surface area (Å²) in [5, 5.41) is 5.31. The van der Waals surface area contributed by atoms with E-state index in [2.05, 4.69) is 10.3 Å². The van der Waals surface area contributed by atoms with Crippen LogP contribution >= 0.6 is 11.8 Å². The predicted octanol–water partition coefficient (Wildman–Crippen LogP) is 3.75. The standard InChI is InChI=1S/C19H16N2O3S/c1-25-18-15(9-5-11-20-18)19(23)24-12-17(22)21-16-10-4-7-13-6-2-3-8-14(13)16/h2-11H,12H2,1H3,(H,21,22). The molecule has 1 heterocycles. The number of thioether (sulfide) groups is 1. The van der Waals surface area contributed by atoms with Crippen molar-refractivity contribution in [3.8, 4) is 0 Å². The van der Waals surface area contributed by atoms with Crippen LogP contribution in [0.3, 0.4) is 0 Å². The Balaban J connectivity index is 1.66. The van der Waals surface area contributed by atoms with Crippen LogP contribution in [0.25, 0.3) is 10.8 Å². The van der Waals surface area contributed by atoms with Crippen LogP contribution in [-0.4, -0.2) is 29.7 Å². The third-order valence-corrected chi connectivity index (χ3v) is 4.29. The fourth-order valence-corrected chi connectivity index (χ4v) is 2.98. The van der Waals surface area contributed by atoms with Crippen LogP contribution in [-0.2, 0) is 9.53 Å². The van der Waals surface area contributed by atoms with Gasteiger partial charge in [0.05, 0.1) is 5.56 Å². The highest BCUT2D eigenvalue weighted by Gasteiger charge is 2.15. The largest absolute Gasteiger partial charge is 0.452 e. The Morgan fingerprint density at radius 1 is 1.08 bits per heavy atom. The van der Waals surface area contributed by atoms with Gasteiger partial charge in [-0.15, -0.1) is 11.8 Å². The fraction of sp³-hybridized carbons (Fsp3) is 0.105. The number of aromatic nitrogens is 1. The van der Waals surface area contributed by atoms with Gasteiger partial charge in [0.1, 0.15) is 5.03 Å². The number of hydrogen-bond acceptors (Lipinski definition) is 5. The van der Waals surface area contributed by atoms with Gasteiger partial charge in [-0.2, -0.15) is 0 Å². The second-order valence-corrected chi connectivity index (χ2v) is 6.01. The van der Waals surface area contributed by atoms with Gasteiger partial charge in [0, 0.05) is 17.3 Å². The number of carbonyl (C=O) groups is 2. The van der Waals surface area contributed by atoms with Gasteiger partial charge in [-0.1, -0.05) is 36.4 Å². The third-order valence-electron chi connectivity index (χ3n) is 3.58. The summed E-state index contributed by atoms with van der Waals surface area (Å²) in [7, 11) is 0. The monoisotopic (exact) mass is 352 g/mol. The first-order valence-corrected chi connectivity index (χ1v) is 8.85. The Bertz CT molecular complexity index is 922. The maximum Gasteiger partial charge on any atom is 0.341 e. The molecule has 0 aliphatic carbocycles. The van der Waals surface area contributed by atoms with Crippen molar-refractivity contribution >= 4 is 40.1 Å². The van der Waals surface area contributed by atoms with Crippen LogP contribution in [0, 0.1) is 0 Å². The highest BCUT2D eigenvalue weighted by Crippen LogP contribution is 2.23. The number of nitrogens with one attached hydrogen (secondary N) is 1. The second-order valence-electron chi connectivity index (χ2n) is 5.21. The topological polar surface area (TPSA) is 68.3 Å². The molecule has 3 rings (SSSR count). The first-order valence-electron chi connectivity index (χ1n) is 7.63. The summed E-state index contributed by atoms with van der Waals surface area (Å²) < 4.78 is 5.11. The molecule has 0 fully saturated rings. The van der Waals surface area contributed by atoms with Crippen molar-refractivity contribution < 1.29 is 14.3 Å². The molecule has 5 nitrogen and oxygen atoms in total. The Morgan fingerprint density at radius 3 is 2.72 bits per heavy atom. The lowest BCUT2D eigenvalue weighted by molar-refractivity contribution is -0.119. The number of benzene rings is 2. The molecule has 6 heteroatoms. The highest BCUT2D eigenvalue weighted by molar-refractivity contribution is 7.98. The molecule has 3 aromatic rings. The summed E-state index contributed by atoms with van der Waals surface area (Å²) in [5.74, 6) is -0.954. The molecule has 25 heavy (non-hydrogen) atoms. The van der Waals surface area contributed by atoms with Gasteiger partial charge < -0.3 is 10.1 Å². The van der Waals surface area contributed by atoms with Crippen LogP contribution in [0.5, 0.6) is 0 Å². The minimum Gasteiger partial charge on any atom is -0.452 e. The molecule has 0 spiro atoms. The Morgan fingerprint density at radius 2 is 1.88 bits per heavy atom. The summed E-state index contributed by atoms with van der Waals surface area (Å²) in [5.41, 5.74) is 1.04. The summed E-state index contributed by atoms with van der Waals surface area (Å²) >= 11 is 1.35. The van der Waals surface area contributed by atoms with Gasteiger partial charge in [0.2, 0.25) is 0 Å². The number of nitrogens with zero attached hydrogens (tertiary/aromatic N) is 1. The zero-order chi connectivity index (χ0) is 17.6. The van der Waals surface area contributed by atoms with E-state index in [9.17, 15) is 9.59 Å². The number of hydrogen-bond donors (Lipinski definition) is 1. The van der Waals surface area contributed by atoms with E-state index in [1.54, 1.807) is 18.3 Å². The van der Waals surface area contributed by atoms with Gasteiger partial charge in [-0.25, -0.2) is 9.78 Å². The lowest BCUT2D eigenvalue weighted by atomic mass is 10.1. The summed E-state index contributed by atoms with van der Waals surface area (Å²) in [6.45, 7) is -0.356. The lowest BCUT2D eigenvalue weighted by Crippen LogP contribution is -2.21. The van der Waals surface area contributed by atoms with Crippen molar-refractivity contribution in [2.45, 2.75) is 5.03 Å². The van der Waals surface area contributed by atoms with E-state index in [0.29, 0.717) is 16.3 Å². The molecule has 0 saturated heterocycles. The smallest absolute Gasteiger partial charge is 0.341 e. The number of amides is 1. The SMILES string of the molecule is CSc1ncccc1C(=O)OCC(=O)Nc1cccc2ccccc12. The van der Waals surface area contributed by atoms with E-state index < -0.39 is 5.97 Å². The Labute approximate surface area is 149 Å². The van der Waals surface area contributed by atoms with Gasteiger partial charge >= 0.3 is 5.97 Å². The van der Waals surface area contributed by atoms with E-state index in [1.807, 2.05) is 48.7 Å². The van der Waals surface area contributed by atoms with Gasteiger partial charge in [-0.3, -0.25) is 4.79 Å². The van der Waals surface area contributed by atoms with Crippen molar-refractivity contribution in [1.82, 2.24) is 4.98 Å². The van der Waals surface area contributed by atoms with E-state index in [4.69, 9.17) is 4.74 Å². The summed E-state index contributed by atoms with van der Waals surface area (Å²) in [4.78, 5) is 28.4. The maximum absolute atomic E-state index is 12.1. The lowest BCUT2D eigenvalue weighted by Gasteiger charge is -2.10. The van der Waals surface area contributed by atoms with Gasteiger partial charge in [0.15, 0.2) is 6.61 Å². The van der Waals surface area contributed by atoms with Crippen LogP contribution in [0.1, 0.15) is 10.4 Å². The van der Waals surface area contributed by atoms with Crippen molar-refractivity contribution in [2.24, 2.45) is 0 Å². The van der Waals surface area contributed by atoms with Gasteiger partial charge in [-0.05, 0) is 29.8 Å². The molecule has 0 aliphatic heterocycles. The number of rotatable bonds is 5. The molecule has 0 radical (unpaired) electrons. The number of carbonyl (C=O) groups excluding carboxylic acids is 2. The molecular weight excluding hydrogens is 336 g/mol. The molecule has 1 aromatic heterocycles. The maximum atomic E-state index is 12.1. The molecule has 0 atom stereocenters. The average Bonchev–Trinajstić information content (AvgIpc) is 2.66. The number of pyridine rings is 1. The predicted molar refractivity (Wildman–Crippen MR) is 98.9 cm³/mol. The van der Waals surface area contributed by atoms with Crippen molar-refractivity contribution in [1.29, 1.82) is 0 Å². The van der Waals surface area contributed by atoms with Crippen LogP contribution < -0.4 is 5.32 Å². The number of anilines is 1. The molecule has 1 amide bonds. The van der Waals surface area contributed by atoms with E-state index in [-0.39, 0.29) is 12.5 Å². The minimum atomic E-state index is -0.564. The number of ether oxygens (including phenoxy) is 1. The van der Waals surface area contributed by atoms with Gasteiger partial charge in [0.25, 0.3) is 5.91 Å². The average molecular weight is 352 g/mol. The third kappa shape index (κ3) is 3.97. The van der Waals surface area contributed by atoms with Crippen LogP contribution in [0.2, 0.25) is 0 Å². The van der Waals surface area contributed by atoms with Crippen LogP contribution in [0.15, 0.2) is 65.8 Å². The Kier molecular flexibility index (Phi) is 5.30. The van der Waals surface area contributed by atoms with E-state index in [1.165, 1.54) is 11.8 Å². The van der Waals surface area contributed by atoms with Crippen molar-refractivity contribution in [3.63, 3.8) is 0 Å². The number of esters is 1. The molecule has 0 saturated carbocycles. The number of fused-ring (bicyclic) bond motifs is 1. The summed E-state index contributed by atoms with van der Waals surface area (Å²) in [6, 6.07) is 16.7. The first kappa shape index (κ1) is 17.0. The minimum absolute atomic E-state index is 0.355.